The number of hydrogen-bond donors (Lipinski definition) is 3. The molecule has 33 heavy (non-hydrogen) atoms. The van der Waals surface area contributed by atoms with E-state index in [0.29, 0.717) is 11.5 Å². The number of amides is 2. The summed E-state index contributed by atoms with van der Waals surface area (Å²) in [6.45, 7) is 0.103. The van der Waals surface area contributed by atoms with Crippen LogP contribution < -0.4 is 20.2 Å². The quantitative estimate of drug-likeness (QED) is 0.246. The highest BCUT2D eigenvalue weighted by Gasteiger charge is 2.14. The Morgan fingerprint density at radius 2 is 1.70 bits per heavy atom. The van der Waals surface area contributed by atoms with Gasteiger partial charge in [-0.3, -0.25) is 9.59 Å². The Bertz CT molecular complexity index is 1220. The van der Waals surface area contributed by atoms with Crippen molar-refractivity contribution in [1.82, 2.24) is 15.5 Å². The van der Waals surface area contributed by atoms with Crippen LogP contribution in [0.1, 0.15) is 17.1 Å². The predicted molar refractivity (Wildman–Crippen MR) is 120 cm³/mol. The number of sulfonamides is 1. The molecule has 0 bridgehead atoms. The minimum Gasteiger partial charge on any atom is -0.497 e. The Balaban J connectivity index is 1.44. The number of rotatable bonds is 9. The van der Waals surface area contributed by atoms with Gasteiger partial charge in [0.2, 0.25) is 10.0 Å². The first-order valence-corrected chi connectivity index (χ1v) is 11.2. The van der Waals surface area contributed by atoms with Gasteiger partial charge < -0.3 is 14.5 Å². The monoisotopic (exact) mass is 470 g/mol. The van der Waals surface area contributed by atoms with E-state index in [0.717, 1.165) is 5.56 Å². The third-order valence-electron chi connectivity index (χ3n) is 4.35. The molecular formula is C22H22N4O6S. The van der Waals surface area contributed by atoms with E-state index >= 15 is 0 Å². The fourth-order valence-corrected chi connectivity index (χ4v) is 3.63. The average molecular weight is 471 g/mol. The summed E-state index contributed by atoms with van der Waals surface area (Å²) in [7, 11) is -2.11. The first-order valence-electron chi connectivity index (χ1n) is 9.75. The molecular weight excluding hydrogens is 448 g/mol. The van der Waals surface area contributed by atoms with E-state index in [1.165, 1.54) is 18.3 Å². The highest BCUT2D eigenvalue weighted by atomic mass is 32.2. The molecule has 172 valence electrons. The van der Waals surface area contributed by atoms with Crippen molar-refractivity contribution in [3.05, 3.63) is 83.8 Å². The molecule has 11 heteroatoms. The van der Waals surface area contributed by atoms with Crippen LogP contribution in [0.25, 0.3) is 0 Å². The van der Waals surface area contributed by atoms with Crippen molar-refractivity contribution in [2.24, 2.45) is 5.10 Å². The van der Waals surface area contributed by atoms with Gasteiger partial charge in [0, 0.05) is 6.54 Å². The van der Waals surface area contributed by atoms with Crippen molar-refractivity contribution < 1.29 is 27.2 Å². The van der Waals surface area contributed by atoms with Crippen LogP contribution in [0.5, 0.6) is 5.75 Å². The zero-order valence-corrected chi connectivity index (χ0v) is 18.5. The van der Waals surface area contributed by atoms with Gasteiger partial charge in [-0.15, -0.1) is 0 Å². The first kappa shape index (κ1) is 23.7. The summed E-state index contributed by atoms with van der Waals surface area (Å²) in [5.74, 6) is -0.491. The van der Waals surface area contributed by atoms with Crippen LogP contribution in [0, 0.1) is 0 Å². The summed E-state index contributed by atoms with van der Waals surface area (Å²) in [5, 5.41) is 6.15. The van der Waals surface area contributed by atoms with Gasteiger partial charge in [-0.1, -0.05) is 30.3 Å². The molecule has 1 heterocycles. The third-order valence-corrected chi connectivity index (χ3v) is 5.77. The van der Waals surface area contributed by atoms with E-state index in [4.69, 9.17) is 9.15 Å². The van der Waals surface area contributed by atoms with Gasteiger partial charge in [0.15, 0.2) is 0 Å². The van der Waals surface area contributed by atoms with Gasteiger partial charge in [-0.2, -0.15) is 5.10 Å². The SMILES string of the molecule is COc1ccc(CNC(=O)C(=O)N/N=C/c2ccc(CNS(=O)(=O)c3ccccc3)o2)cc1. The average Bonchev–Trinajstić information content (AvgIpc) is 3.30. The molecule has 1 aromatic heterocycles. The van der Waals surface area contributed by atoms with Crippen LogP contribution in [0.15, 0.2) is 81.1 Å². The van der Waals surface area contributed by atoms with Crippen molar-refractivity contribution in [3.8, 4) is 5.75 Å². The molecule has 0 radical (unpaired) electrons. The number of hydrogen-bond acceptors (Lipinski definition) is 7. The summed E-state index contributed by atoms with van der Waals surface area (Å²) in [6.07, 6.45) is 1.20. The second-order valence-electron chi connectivity index (χ2n) is 6.67. The van der Waals surface area contributed by atoms with Gasteiger partial charge in [-0.05, 0) is 42.0 Å². The Labute approximate surface area is 190 Å². The Morgan fingerprint density at radius 1 is 0.970 bits per heavy atom. The van der Waals surface area contributed by atoms with Crippen molar-refractivity contribution in [3.63, 3.8) is 0 Å². The Hall–Kier alpha value is -3.96. The molecule has 0 saturated carbocycles. The number of ether oxygens (including phenoxy) is 1. The van der Waals surface area contributed by atoms with Crippen LogP contribution in [0.4, 0.5) is 0 Å². The molecule has 0 unspecified atom stereocenters. The summed E-state index contributed by atoms with van der Waals surface area (Å²) in [6, 6.07) is 18.1. The molecule has 0 atom stereocenters. The summed E-state index contributed by atoms with van der Waals surface area (Å²) < 4.78 is 37.4. The lowest BCUT2D eigenvalue weighted by atomic mass is 10.2. The minimum atomic E-state index is -3.67. The summed E-state index contributed by atoms with van der Waals surface area (Å²) >= 11 is 0. The molecule has 0 spiro atoms. The highest BCUT2D eigenvalue weighted by Crippen LogP contribution is 2.11. The fourth-order valence-electron chi connectivity index (χ4n) is 2.62. The largest absolute Gasteiger partial charge is 0.497 e. The van der Waals surface area contributed by atoms with Crippen molar-refractivity contribution in [1.29, 1.82) is 0 Å². The molecule has 0 aliphatic rings. The lowest BCUT2D eigenvalue weighted by Gasteiger charge is -2.05. The van der Waals surface area contributed by atoms with Gasteiger partial charge in [-0.25, -0.2) is 18.6 Å². The third kappa shape index (κ3) is 7.02. The molecule has 2 aromatic carbocycles. The molecule has 2 amide bonds. The number of benzene rings is 2. The molecule has 0 fully saturated rings. The van der Waals surface area contributed by atoms with Gasteiger partial charge >= 0.3 is 11.8 Å². The summed E-state index contributed by atoms with van der Waals surface area (Å²) in [5.41, 5.74) is 2.90. The van der Waals surface area contributed by atoms with E-state index in [2.05, 4.69) is 20.6 Å². The van der Waals surface area contributed by atoms with Crippen LogP contribution in [-0.4, -0.2) is 33.6 Å². The van der Waals surface area contributed by atoms with Crippen molar-refractivity contribution >= 4 is 28.1 Å². The lowest BCUT2D eigenvalue weighted by Crippen LogP contribution is -2.37. The Morgan fingerprint density at radius 3 is 2.39 bits per heavy atom. The van der Waals surface area contributed by atoms with E-state index in [1.807, 2.05) is 0 Å². The second kappa shape index (κ2) is 11.1. The maximum atomic E-state index is 12.2. The van der Waals surface area contributed by atoms with E-state index in [9.17, 15) is 18.0 Å². The van der Waals surface area contributed by atoms with E-state index in [-0.39, 0.29) is 23.7 Å². The molecule has 3 aromatic rings. The van der Waals surface area contributed by atoms with E-state index in [1.54, 1.807) is 61.7 Å². The maximum absolute atomic E-state index is 12.2. The Kier molecular flexibility index (Phi) is 7.95. The van der Waals surface area contributed by atoms with Crippen LogP contribution >= 0.6 is 0 Å². The van der Waals surface area contributed by atoms with Gasteiger partial charge in [0.1, 0.15) is 17.3 Å². The van der Waals surface area contributed by atoms with Crippen molar-refractivity contribution in [2.45, 2.75) is 18.0 Å². The van der Waals surface area contributed by atoms with Gasteiger partial charge in [0.25, 0.3) is 0 Å². The highest BCUT2D eigenvalue weighted by molar-refractivity contribution is 7.89. The predicted octanol–water partition coefficient (Wildman–Crippen LogP) is 1.53. The molecule has 3 N–H and O–H groups in total. The topological polar surface area (TPSA) is 139 Å². The smallest absolute Gasteiger partial charge is 0.329 e. The van der Waals surface area contributed by atoms with Crippen LogP contribution in [0.2, 0.25) is 0 Å². The number of hydrazone groups is 1. The number of carbonyl (C=O) groups excluding carboxylic acids is 2. The van der Waals surface area contributed by atoms with Crippen molar-refractivity contribution in [2.75, 3.05) is 7.11 Å². The molecule has 0 aliphatic heterocycles. The molecule has 0 saturated heterocycles. The normalized spacial score (nSPS) is 11.3. The molecule has 10 nitrogen and oxygen atoms in total. The summed E-state index contributed by atoms with van der Waals surface area (Å²) in [4.78, 5) is 23.9. The molecule has 0 aliphatic carbocycles. The zero-order valence-electron chi connectivity index (χ0n) is 17.6. The maximum Gasteiger partial charge on any atom is 0.329 e. The number of methoxy groups -OCH3 is 1. The number of nitrogens with one attached hydrogen (secondary N) is 3. The first-order chi connectivity index (χ1) is 15.9. The zero-order chi connectivity index (χ0) is 23.7. The van der Waals surface area contributed by atoms with E-state index < -0.39 is 21.8 Å². The van der Waals surface area contributed by atoms with Crippen LogP contribution in [-0.2, 0) is 32.7 Å². The van der Waals surface area contributed by atoms with Crippen LogP contribution in [0.3, 0.4) is 0 Å². The lowest BCUT2D eigenvalue weighted by molar-refractivity contribution is -0.139. The fraction of sp³-hybridized carbons (Fsp3) is 0.136. The number of carbonyl (C=O) groups is 2. The number of nitrogens with zero attached hydrogens (tertiary/aromatic N) is 1. The standard InChI is InChI=1S/C22H22N4O6S/c1-31-17-9-7-16(8-10-17)13-23-21(27)22(28)26-24-14-18-11-12-19(32-18)15-25-33(29,30)20-5-3-2-4-6-20/h2-12,14,25H,13,15H2,1H3,(H,23,27)(H,26,28)/b24-14+. The molecule has 3 rings (SSSR count). The van der Waals surface area contributed by atoms with Gasteiger partial charge in [0.05, 0.1) is 24.8 Å². The number of furan rings is 1. The minimum absolute atomic E-state index is 0.0643. The second-order valence-corrected chi connectivity index (χ2v) is 8.44.